The average Bonchev–Trinajstić information content (AvgIpc) is 2.99. The van der Waals surface area contributed by atoms with Crippen LogP contribution in [0.3, 0.4) is 0 Å². The van der Waals surface area contributed by atoms with Gasteiger partial charge >= 0.3 is 0 Å². The molecule has 0 amide bonds. The molecule has 0 N–H and O–H groups in total. The summed E-state index contributed by atoms with van der Waals surface area (Å²) in [7, 11) is 0. The van der Waals surface area contributed by atoms with Gasteiger partial charge in [0.15, 0.2) is 0 Å². The van der Waals surface area contributed by atoms with Gasteiger partial charge in [0.1, 0.15) is 5.01 Å². The van der Waals surface area contributed by atoms with E-state index < -0.39 is 0 Å². The largest absolute Gasteiger partial charge is 0.311 e. The zero-order valence-corrected chi connectivity index (χ0v) is 12.8. The van der Waals surface area contributed by atoms with Crippen LogP contribution >= 0.6 is 22.9 Å². The summed E-state index contributed by atoms with van der Waals surface area (Å²) in [6.45, 7) is 0.574. The molecule has 106 valence electrons. The predicted octanol–water partition coefficient (Wildman–Crippen LogP) is 3.76. The van der Waals surface area contributed by atoms with Crippen molar-refractivity contribution in [1.82, 2.24) is 9.55 Å². The number of benzene rings is 1. The highest BCUT2D eigenvalue weighted by molar-refractivity contribution is 7.13. The summed E-state index contributed by atoms with van der Waals surface area (Å²) in [4.78, 5) is 16.1. The van der Waals surface area contributed by atoms with Crippen LogP contribution in [0, 0.1) is 0 Å². The van der Waals surface area contributed by atoms with Crippen molar-refractivity contribution in [2.45, 2.75) is 12.4 Å². The highest BCUT2D eigenvalue weighted by atomic mass is 35.5. The molecule has 0 saturated carbocycles. The molecule has 0 radical (unpaired) electrons. The first kappa shape index (κ1) is 14.0. The van der Waals surface area contributed by atoms with Crippen molar-refractivity contribution in [1.29, 1.82) is 0 Å². The second-order valence-electron chi connectivity index (χ2n) is 4.64. The summed E-state index contributed by atoms with van der Waals surface area (Å²) in [5, 5.41) is 2.94. The van der Waals surface area contributed by atoms with Crippen molar-refractivity contribution in [2.24, 2.45) is 0 Å². The Balaban J connectivity index is 1.81. The Labute approximate surface area is 131 Å². The fourth-order valence-corrected chi connectivity index (χ4v) is 3.10. The van der Waals surface area contributed by atoms with E-state index in [1.165, 1.54) is 0 Å². The van der Waals surface area contributed by atoms with Crippen LogP contribution in [-0.2, 0) is 12.4 Å². The normalized spacial score (nSPS) is 10.7. The average molecular weight is 317 g/mol. The summed E-state index contributed by atoms with van der Waals surface area (Å²) in [6.07, 6.45) is 1.80. The molecule has 0 aliphatic heterocycles. The Bertz CT molecular complexity index is 792. The van der Waals surface area contributed by atoms with Gasteiger partial charge in [-0.2, -0.15) is 0 Å². The number of hydrogen-bond acceptors (Lipinski definition) is 3. The van der Waals surface area contributed by atoms with E-state index in [0.29, 0.717) is 12.4 Å². The van der Waals surface area contributed by atoms with Crippen LogP contribution in [0.4, 0.5) is 0 Å². The predicted molar refractivity (Wildman–Crippen MR) is 86.9 cm³/mol. The zero-order chi connectivity index (χ0) is 14.7. The van der Waals surface area contributed by atoms with E-state index in [4.69, 9.17) is 11.6 Å². The van der Waals surface area contributed by atoms with Crippen LogP contribution < -0.4 is 5.56 Å². The minimum Gasteiger partial charge on any atom is -0.311 e. The van der Waals surface area contributed by atoms with E-state index in [-0.39, 0.29) is 5.56 Å². The van der Waals surface area contributed by atoms with Crippen molar-refractivity contribution in [3.8, 4) is 10.6 Å². The first-order valence-corrected chi connectivity index (χ1v) is 7.93. The number of aromatic nitrogens is 2. The molecule has 21 heavy (non-hydrogen) atoms. The van der Waals surface area contributed by atoms with Crippen LogP contribution in [0.5, 0.6) is 0 Å². The van der Waals surface area contributed by atoms with Gasteiger partial charge < -0.3 is 4.57 Å². The molecule has 5 heteroatoms. The van der Waals surface area contributed by atoms with Crippen molar-refractivity contribution < 1.29 is 0 Å². The Kier molecular flexibility index (Phi) is 4.18. The van der Waals surface area contributed by atoms with Gasteiger partial charge in [-0.1, -0.05) is 30.3 Å². The van der Waals surface area contributed by atoms with Crippen molar-refractivity contribution in [3.05, 3.63) is 75.7 Å². The van der Waals surface area contributed by atoms with Gasteiger partial charge in [-0.15, -0.1) is 22.9 Å². The second-order valence-corrected chi connectivity index (χ2v) is 5.77. The number of alkyl halides is 1. The summed E-state index contributed by atoms with van der Waals surface area (Å²) in [5.74, 6) is 0.436. The summed E-state index contributed by atoms with van der Waals surface area (Å²) in [6, 6.07) is 13.3. The third kappa shape index (κ3) is 3.23. The first-order valence-electron chi connectivity index (χ1n) is 6.51. The minimum atomic E-state index is 0.00764. The molecular weight excluding hydrogens is 304 g/mol. The molecule has 0 aliphatic rings. The number of pyridine rings is 1. The quantitative estimate of drug-likeness (QED) is 0.687. The van der Waals surface area contributed by atoms with Gasteiger partial charge in [-0.3, -0.25) is 4.79 Å². The Hall–Kier alpha value is -1.91. The van der Waals surface area contributed by atoms with Crippen molar-refractivity contribution in [3.63, 3.8) is 0 Å². The molecule has 2 heterocycles. The highest BCUT2D eigenvalue weighted by Crippen LogP contribution is 2.24. The lowest BCUT2D eigenvalue weighted by Gasteiger charge is -2.05. The topological polar surface area (TPSA) is 34.9 Å². The highest BCUT2D eigenvalue weighted by Gasteiger charge is 2.04. The summed E-state index contributed by atoms with van der Waals surface area (Å²) < 4.78 is 1.68. The first-order chi connectivity index (χ1) is 10.3. The lowest BCUT2D eigenvalue weighted by molar-refractivity contribution is 0.759. The van der Waals surface area contributed by atoms with Gasteiger partial charge in [0.2, 0.25) is 0 Å². The molecule has 0 atom stereocenters. The summed E-state index contributed by atoms with van der Waals surface area (Å²) in [5.41, 5.74) is 3.06. The van der Waals surface area contributed by atoms with Crippen LogP contribution in [0.15, 0.2) is 58.8 Å². The van der Waals surface area contributed by atoms with Gasteiger partial charge in [-0.25, -0.2) is 4.98 Å². The van der Waals surface area contributed by atoms with Crippen LogP contribution in [0.2, 0.25) is 0 Å². The lowest BCUT2D eigenvalue weighted by Crippen LogP contribution is -2.18. The minimum absolute atomic E-state index is 0.00764. The van der Waals surface area contributed by atoms with E-state index in [2.05, 4.69) is 4.98 Å². The molecule has 3 nitrogen and oxygen atoms in total. The number of hydrogen-bond donors (Lipinski definition) is 0. The molecule has 0 saturated heterocycles. The van der Waals surface area contributed by atoms with Crippen molar-refractivity contribution >= 4 is 22.9 Å². The molecule has 3 aromatic rings. The molecule has 0 aliphatic carbocycles. The zero-order valence-electron chi connectivity index (χ0n) is 11.2. The van der Waals surface area contributed by atoms with E-state index in [1.54, 1.807) is 34.2 Å². The molecule has 0 spiro atoms. The fourth-order valence-electron chi connectivity index (χ4n) is 2.04. The van der Waals surface area contributed by atoms with Crippen LogP contribution in [-0.4, -0.2) is 9.55 Å². The molecule has 3 rings (SSSR count). The maximum atomic E-state index is 11.7. The van der Waals surface area contributed by atoms with Gasteiger partial charge in [0, 0.05) is 23.2 Å². The smallest absolute Gasteiger partial charge is 0.250 e. The van der Waals surface area contributed by atoms with E-state index in [9.17, 15) is 4.79 Å². The molecule has 1 aromatic carbocycles. The Morgan fingerprint density at radius 3 is 2.62 bits per heavy atom. The second kappa shape index (κ2) is 6.24. The van der Waals surface area contributed by atoms with E-state index in [1.807, 2.05) is 35.7 Å². The lowest BCUT2D eigenvalue weighted by atomic mass is 10.1. The summed E-state index contributed by atoms with van der Waals surface area (Å²) >= 11 is 7.36. The molecule has 0 unspecified atom stereocenters. The Morgan fingerprint density at radius 2 is 1.95 bits per heavy atom. The fraction of sp³-hybridized carbons (Fsp3) is 0.125. The SMILES string of the molecule is O=c1ccccn1Cc1ccc(-c2nc(CCl)cs2)cc1. The molecular formula is C16H13ClN2OS. The number of rotatable bonds is 4. The third-order valence-corrected chi connectivity index (χ3v) is 4.36. The standard InChI is InChI=1S/C16H13ClN2OS/c17-9-14-11-21-16(18-14)13-6-4-12(5-7-13)10-19-8-2-1-3-15(19)20/h1-8,11H,9-10H2. The van der Waals surface area contributed by atoms with E-state index >= 15 is 0 Å². The maximum Gasteiger partial charge on any atom is 0.250 e. The van der Waals surface area contributed by atoms with Gasteiger partial charge in [-0.05, 0) is 11.6 Å². The van der Waals surface area contributed by atoms with Gasteiger partial charge in [0.05, 0.1) is 18.1 Å². The monoisotopic (exact) mass is 316 g/mol. The van der Waals surface area contributed by atoms with Gasteiger partial charge in [0.25, 0.3) is 5.56 Å². The van der Waals surface area contributed by atoms with Crippen LogP contribution in [0.1, 0.15) is 11.3 Å². The number of halogens is 1. The maximum absolute atomic E-state index is 11.7. The molecule has 0 fully saturated rings. The molecule has 2 aromatic heterocycles. The molecule has 0 bridgehead atoms. The third-order valence-electron chi connectivity index (χ3n) is 3.14. The van der Waals surface area contributed by atoms with Crippen LogP contribution in [0.25, 0.3) is 10.6 Å². The number of thiazole rings is 1. The van der Waals surface area contributed by atoms with Crippen molar-refractivity contribution in [2.75, 3.05) is 0 Å². The number of nitrogens with zero attached hydrogens (tertiary/aromatic N) is 2. The Morgan fingerprint density at radius 1 is 1.14 bits per heavy atom. The van der Waals surface area contributed by atoms with E-state index in [0.717, 1.165) is 21.8 Å².